The normalized spacial score (nSPS) is 10.5. The molecule has 3 aromatic rings. The lowest BCUT2D eigenvalue weighted by molar-refractivity contribution is 1.06. The van der Waals surface area contributed by atoms with Crippen molar-refractivity contribution in [2.24, 2.45) is 0 Å². The van der Waals surface area contributed by atoms with Gasteiger partial charge in [0, 0.05) is 28.8 Å². The average molecular weight is 284 g/mol. The molecule has 0 saturated heterocycles. The lowest BCUT2D eigenvalue weighted by Crippen LogP contribution is -2.02. The van der Waals surface area contributed by atoms with Crippen LogP contribution in [-0.2, 0) is 0 Å². The maximum Gasteiger partial charge on any atom is 0.212 e. The summed E-state index contributed by atoms with van der Waals surface area (Å²) in [4.78, 5) is 4.37. The molecule has 0 aliphatic heterocycles. The van der Waals surface area contributed by atoms with Crippen LogP contribution in [0.5, 0.6) is 0 Å². The Morgan fingerprint density at radius 1 is 1.10 bits per heavy atom. The largest absolute Gasteiger partial charge is 0.325 e. The number of halogens is 1. The Morgan fingerprint density at radius 2 is 1.90 bits per heavy atom. The molecular formula is C16H14ClN3. The summed E-state index contributed by atoms with van der Waals surface area (Å²) in [5, 5.41) is 4.03. The molecule has 0 aliphatic rings. The van der Waals surface area contributed by atoms with Crippen molar-refractivity contribution in [1.29, 1.82) is 0 Å². The predicted octanol–water partition coefficient (Wildman–Crippen LogP) is 4.58. The Bertz CT molecular complexity index is 720. The van der Waals surface area contributed by atoms with E-state index in [-0.39, 0.29) is 0 Å². The highest BCUT2D eigenvalue weighted by Crippen LogP contribution is 2.24. The van der Waals surface area contributed by atoms with Crippen molar-refractivity contribution in [3.05, 3.63) is 71.5 Å². The third-order valence-corrected chi connectivity index (χ3v) is 3.36. The van der Waals surface area contributed by atoms with Gasteiger partial charge in [0.2, 0.25) is 5.95 Å². The van der Waals surface area contributed by atoms with Crippen LogP contribution in [0, 0.1) is 6.92 Å². The number of hydrogen-bond donors (Lipinski definition) is 1. The summed E-state index contributed by atoms with van der Waals surface area (Å²) in [7, 11) is 0. The number of nitrogens with one attached hydrogen (secondary N) is 1. The van der Waals surface area contributed by atoms with E-state index in [1.54, 1.807) is 6.20 Å². The smallest absolute Gasteiger partial charge is 0.212 e. The molecule has 2 aromatic carbocycles. The first kappa shape index (κ1) is 12.8. The van der Waals surface area contributed by atoms with Crippen LogP contribution in [0.2, 0.25) is 5.02 Å². The van der Waals surface area contributed by atoms with Gasteiger partial charge < -0.3 is 5.32 Å². The lowest BCUT2D eigenvalue weighted by Gasteiger charge is -2.12. The first-order chi connectivity index (χ1) is 9.74. The summed E-state index contributed by atoms with van der Waals surface area (Å²) < 4.78 is 2.00. The highest BCUT2D eigenvalue weighted by Gasteiger charge is 2.07. The minimum Gasteiger partial charge on any atom is -0.325 e. The summed E-state index contributed by atoms with van der Waals surface area (Å²) in [6, 6.07) is 15.9. The second kappa shape index (κ2) is 5.39. The summed E-state index contributed by atoms with van der Waals surface area (Å²) in [6.45, 7) is 2.04. The van der Waals surface area contributed by atoms with Gasteiger partial charge >= 0.3 is 0 Å². The fraction of sp³-hybridized carbons (Fsp3) is 0.0625. The number of benzene rings is 2. The fourth-order valence-electron chi connectivity index (χ4n) is 2.04. The molecule has 100 valence electrons. The van der Waals surface area contributed by atoms with Crippen LogP contribution < -0.4 is 5.32 Å². The molecule has 4 heteroatoms. The van der Waals surface area contributed by atoms with E-state index < -0.39 is 0 Å². The number of hydrogen-bond acceptors (Lipinski definition) is 2. The molecule has 1 aromatic heterocycles. The number of para-hydroxylation sites is 1. The highest BCUT2D eigenvalue weighted by molar-refractivity contribution is 6.30. The summed E-state index contributed by atoms with van der Waals surface area (Å²) in [5.41, 5.74) is 3.14. The quantitative estimate of drug-likeness (QED) is 0.762. The monoisotopic (exact) mass is 283 g/mol. The second-order valence-corrected chi connectivity index (χ2v) is 4.98. The van der Waals surface area contributed by atoms with E-state index in [9.17, 15) is 0 Å². The van der Waals surface area contributed by atoms with Crippen molar-refractivity contribution < 1.29 is 0 Å². The predicted molar refractivity (Wildman–Crippen MR) is 83.0 cm³/mol. The van der Waals surface area contributed by atoms with Crippen LogP contribution in [0.15, 0.2) is 60.9 Å². The third-order valence-electron chi connectivity index (χ3n) is 3.12. The minimum absolute atomic E-state index is 0.705. The van der Waals surface area contributed by atoms with Crippen LogP contribution >= 0.6 is 11.6 Å². The fourth-order valence-corrected chi connectivity index (χ4v) is 2.21. The SMILES string of the molecule is Cc1ccc(Cl)cc1Nc1nccn1-c1ccccc1. The number of imidazole rings is 1. The molecule has 0 amide bonds. The van der Waals surface area contributed by atoms with Crippen LogP contribution in [-0.4, -0.2) is 9.55 Å². The summed E-state index contributed by atoms with van der Waals surface area (Å²) >= 11 is 6.05. The lowest BCUT2D eigenvalue weighted by atomic mass is 10.2. The van der Waals surface area contributed by atoms with Gasteiger partial charge in [-0.05, 0) is 36.8 Å². The Hall–Kier alpha value is -2.26. The number of aromatic nitrogens is 2. The Morgan fingerprint density at radius 3 is 2.70 bits per heavy atom. The van der Waals surface area contributed by atoms with Gasteiger partial charge in [0.25, 0.3) is 0 Å². The molecule has 3 rings (SSSR count). The van der Waals surface area contributed by atoms with Crippen LogP contribution in [0.25, 0.3) is 5.69 Å². The van der Waals surface area contributed by atoms with Gasteiger partial charge in [0.05, 0.1) is 0 Å². The van der Waals surface area contributed by atoms with Crippen molar-refractivity contribution >= 4 is 23.2 Å². The van der Waals surface area contributed by atoms with E-state index in [0.717, 1.165) is 22.9 Å². The van der Waals surface area contributed by atoms with Gasteiger partial charge in [-0.3, -0.25) is 4.57 Å². The van der Waals surface area contributed by atoms with Gasteiger partial charge in [-0.2, -0.15) is 0 Å². The molecule has 1 heterocycles. The van der Waals surface area contributed by atoms with E-state index in [1.807, 2.05) is 66.2 Å². The summed E-state index contributed by atoms with van der Waals surface area (Å²) in [6.07, 6.45) is 3.70. The second-order valence-electron chi connectivity index (χ2n) is 4.54. The molecule has 1 N–H and O–H groups in total. The van der Waals surface area contributed by atoms with Gasteiger partial charge in [-0.1, -0.05) is 35.9 Å². The molecule has 0 spiro atoms. The Kier molecular flexibility index (Phi) is 3.44. The first-order valence-corrected chi connectivity index (χ1v) is 6.74. The van der Waals surface area contributed by atoms with Crippen molar-refractivity contribution in [2.75, 3.05) is 5.32 Å². The van der Waals surface area contributed by atoms with Crippen molar-refractivity contribution in [1.82, 2.24) is 9.55 Å². The molecule has 0 unspecified atom stereocenters. The van der Waals surface area contributed by atoms with Gasteiger partial charge in [0.15, 0.2) is 0 Å². The number of aryl methyl sites for hydroxylation is 1. The average Bonchev–Trinajstić information content (AvgIpc) is 2.92. The highest BCUT2D eigenvalue weighted by atomic mass is 35.5. The number of anilines is 2. The molecular weight excluding hydrogens is 270 g/mol. The van der Waals surface area contributed by atoms with Gasteiger partial charge in [-0.15, -0.1) is 0 Å². The van der Waals surface area contributed by atoms with Crippen molar-refractivity contribution in [3.63, 3.8) is 0 Å². The van der Waals surface area contributed by atoms with E-state index in [4.69, 9.17) is 11.6 Å². The molecule has 0 bridgehead atoms. The van der Waals surface area contributed by atoms with Gasteiger partial charge in [-0.25, -0.2) is 4.98 Å². The van der Waals surface area contributed by atoms with Crippen molar-refractivity contribution in [2.45, 2.75) is 6.92 Å². The zero-order chi connectivity index (χ0) is 13.9. The maximum absolute atomic E-state index is 6.05. The van der Waals surface area contributed by atoms with E-state index in [2.05, 4.69) is 10.3 Å². The van der Waals surface area contributed by atoms with Crippen LogP contribution in [0.4, 0.5) is 11.6 Å². The van der Waals surface area contributed by atoms with Crippen molar-refractivity contribution in [3.8, 4) is 5.69 Å². The third kappa shape index (κ3) is 2.53. The van der Waals surface area contributed by atoms with E-state index in [1.165, 1.54) is 0 Å². The van der Waals surface area contributed by atoms with E-state index in [0.29, 0.717) is 5.02 Å². The zero-order valence-corrected chi connectivity index (χ0v) is 11.8. The van der Waals surface area contributed by atoms with E-state index >= 15 is 0 Å². The number of nitrogens with zero attached hydrogens (tertiary/aromatic N) is 2. The van der Waals surface area contributed by atoms with Gasteiger partial charge in [0.1, 0.15) is 0 Å². The molecule has 20 heavy (non-hydrogen) atoms. The molecule has 0 radical (unpaired) electrons. The molecule has 0 aliphatic carbocycles. The Balaban J connectivity index is 1.97. The molecule has 0 atom stereocenters. The summed E-state index contributed by atoms with van der Waals surface area (Å²) in [5.74, 6) is 0.765. The topological polar surface area (TPSA) is 29.9 Å². The molecule has 3 nitrogen and oxygen atoms in total. The van der Waals surface area contributed by atoms with Crippen LogP contribution in [0.3, 0.4) is 0 Å². The maximum atomic E-state index is 6.05. The minimum atomic E-state index is 0.705. The first-order valence-electron chi connectivity index (χ1n) is 6.36. The number of rotatable bonds is 3. The van der Waals surface area contributed by atoms with Crippen LogP contribution in [0.1, 0.15) is 5.56 Å². The Labute approximate surface area is 122 Å². The molecule has 0 saturated carbocycles. The standard InChI is InChI=1S/C16H14ClN3/c1-12-7-8-13(17)11-15(12)19-16-18-9-10-20(16)14-5-3-2-4-6-14/h2-11H,1H3,(H,18,19). The zero-order valence-electron chi connectivity index (χ0n) is 11.0. The molecule has 0 fully saturated rings.